The number of carboxylic acids is 1. The van der Waals surface area contributed by atoms with Crippen molar-refractivity contribution in [3.05, 3.63) is 28.8 Å². The summed E-state index contributed by atoms with van der Waals surface area (Å²) in [5, 5.41) is 16.7. The van der Waals surface area contributed by atoms with Crippen molar-refractivity contribution in [2.45, 2.75) is 13.5 Å². The first kappa shape index (κ1) is 11.7. The van der Waals surface area contributed by atoms with E-state index in [2.05, 4.69) is 31.1 Å². The first-order valence-electron chi connectivity index (χ1n) is 4.80. The molecule has 1 N–H and O–H groups in total. The fourth-order valence-electron chi connectivity index (χ4n) is 1.45. The minimum atomic E-state index is -0.933. The number of carboxylic acid groups (broad SMARTS) is 1. The number of pyridine rings is 1. The first-order chi connectivity index (χ1) is 8.08. The molecule has 0 saturated heterocycles. The van der Waals surface area contributed by atoms with Crippen LogP contribution in [-0.2, 0) is 11.3 Å². The summed E-state index contributed by atoms with van der Waals surface area (Å²) in [6, 6.07) is 1.81. The van der Waals surface area contributed by atoms with Crippen LogP contribution in [0.4, 0.5) is 0 Å². The Labute approximate surface area is 105 Å². The van der Waals surface area contributed by atoms with Crippen LogP contribution in [0.1, 0.15) is 5.82 Å². The molecule has 6 nitrogen and oxygen atoms in total. The largest absolute Gasteiger partial charge is 0.480 e. The van der Waals surface area contributed by atoms with E-state index in [9.17, 15) is 4.79 Å². The second kappa shape index (κ2) is 4.62. The van der Waals surface area contributed by atoms with Gasteiger partial charge in [-0.25, -0.2) is 0 Å². The number of aryl methyl sites for hydroxylation is 1. The van der Waals surface area contributed by atoms with Gasteiger partial charge in [0.25, 0.3) is 0 Å². The van der Waals surface area contributed by atoms with Gasteiger partial charge in [-0.2, -0.15) is 0 Å². The van der Waals surface area contributed by atoms with Gasteiger partial charge in [-0.05, 0) is 28.9 Å². The SMILES string of the molecule is Cc1nnc(-c2cncc(Br)c2)n1CC(=O)O. The summed E-state index contributed by atoms with van der Waals surface area (Å²) in [5.41, 5.74) is 0.723. The van der Waals surface area contributed by atoms with E-state index in [0.29, 0.717) is 11.6 Å². The molecule has 0 unspecified atom stereocenters. The number of aromatic nitrogens is 4. The van der Waals surface area contributed by atoms with E-state index in [4.69, 9.17) is 5.11 Å². The minimum absolute atomic E-state index is 0.166. The Morgan fingerprint density at radius 3 is 2.88 bits per heavy atom. The lowest BCUT2D eigenvalue weighted by Gasteiger charge is -2.05. The molecule has 2 aromatic rings. The first-order valence-corrected chi connectivity index (χ1v) is 5.60. The van der Waals surface area contributed by atoms with Crippen LogP contribution in [0.2, 0.25) is 0 Å². The van der Waals surface area contributed by atoms with Gasteiger partial charge in [-0.1, -0.05) is 0 Å². The van der Waals surface area contributed by atoms with Crippen LogP contribution in [0, 0.1) is 6.92 Å². The van der Waals surface area contributed by atoms with E-state index in [1.54, 1.807) is 19.3 Å². The Kier molecular flexibility index (Phi) is 3.19. The Balaban J connectivity index is 2.48. The van der Waals surface area contributed by atoms with E-state index in [1.807, 2.05) is 6.07 Å². The highest BCUT2D eigenvalue weighted by molar-refractivity contribution is 9.10. The highest BCUT2D eigenvalue weighted by Crippen LogP contribution is 2.20. The van der Waals surface area contributed by atoms with Crippen molar-refractivity contribution in [3.63, 3.8) is 0 Å². The summed E-state index contributed by atoms with van der Waals surface area (Å²) in [7, 11) is 0. The van der Waals surface area contributed by atoms with Crippen LogP contribution in [0.25, 0.3) is 11.4 Å². The third-order valence-electron chi connectivity index (χ3n) is 2.19. The zero-order valence-corrected chi connectivity index (χ0v) is 10.5. The highest BCUT2D eigenvalue weighted by atomic mass is 79.9. The van der Waals surface area contributed by atoms with Crippen molar-refractivity contribution >= 4 is 21.9 Å². The number of aliphatic carboxylic acids is 1. The van der Waals surface area contributed by atoms with E-state index in [-0.39, 0.29) is 6.54 Å². The normalized spacial score (nSPS) is 10.5. The molecule has 0 aromatic carbocycles. The maximum Gasteiger partial charge on any atom is 0.323 e. The summed E-state index contributed by atoms with van der Waals surface area (Å²) in [5.74, 6) is 0.123. The predicted molar refractivity (Wildman–Crippen MR) is 63.3 cm³/mol. The molecular weight excluding hydrogens is 288 g/mol. The number of carbonyl (C=O) groups is 1. The predicted octanol–water partition coefficient (Wildman–Crippen LogP) is 1.50. The average Bonchev–Trinajstić information content (AvgIpc) is 2.60. The van der Waals surface area contributed by atoms with Gasteiger partial charge in [-0.3, -0.25) is 14.3 Å². The third-order valence-corrected chi connectivity index (χ3v) is 2.63. The Bertz CT molecular complexity index is 567. The fraction of sp³-hybridized carbons (Fsp3) is 0.200. The zero-order valence-electron chi connectivity index (χ0n) is 8.96. The monoisotopic (exact) mass is 296 g/mol. The topological polar surface area (TPSA) is 80.9 Å². The Morgan fingerprint density at radius 2 is 2.24 bits per heavy atom. The van der Waals surface area contributed by atoms with E-state index in [0.717, 1.165) is 10.0 Å². The molecule has 0 radical (unpaired) electrons. The van der Waals surface area contributed by atoms with Crippen LogP contribution < -0.4 is 0 Å². The molecule has 2 aromatic heterocycles. The van der Waals surface area contributed by atoms with Gasteiger partial charge in [0.05, 0.1) is 0 Å². The molecular formula is C10H9BrN4O2. The molecule has 17 heavy (non-hydrogen) atoms. The molecule has 0 saturated carbocycles. The minimum Gasteiger partial charge on any atom is -0.480 e. The Hall–Kier alpha value is -1.76. The summed E-state index contributed by atoms with van der Waals surface area (Å²) < 4.78 is 2.34. The summed E-state index contributed by atoms with van der Waals surface area (Å²) in [4.78, 5) is 14.8. The number of hydrogen-bond donors (Lipinski definition) is 1. The van der Waals surface area contributed by atoms with Crippen molar-refractivity contribution in [2.75, 3.05) is 0 Å². The van der Waals surface area contributed by atoms with Crippen LogP contribution in [0.3, 0.4) is 0 Å². The maximum atomic E-state index is 10.8. The maximum absolute atomic E-state index is 10.8. The summed E-state index contributed by atoms with van der Waals surface area (Å²) in [6.07, 6.45) is 3.26. The van der Waals surface area contributed by atoms with Gasteiger partial charge in [-0.15, -0.1) is 10.2 Å². The standard InChI is InChI=1S/C10H9BrN4O2/c1-6-13-14-10(15(6)5-9(16)17)7-2-8(11)4-12-3-7/h2-4H,5H2,1H3,(H,16,17). The lowest BCUT2D eigenvalue weighted by molar-refractivity contribution is -0.137. The van der Waals surface area contributed by atoms with Gasteiger partial charge in [0.1, 0.15) is 12.4 Å². The second-order valence-electron chi connectivity index (χ2n) is 3.44. The van der Waals surface area contributed by atoms with Crippen LogP contribution in [0.15, 0.2) is 22.9 Å². The van der Waals surface area contributed by atoms with Crippen molar-refractivity contribution in [1.82, 2.24) is 19.7 Å². The van der Waals surface area contributed by atoms with Gasteiger partial charge < -0.3 is 5.11 Å². The van der Waals surface area contributed by atoms with Gasteiger partial charge in [0.2, 0.25) is 0 Å². The smallest absolute Gasteiger partial charge is 0.323 e. The summed E-state index contributed by atoms with van der Waals surface area (Å²) >= 11 is 3.31. The van der Waals surface area contributed by atoms with E-state index in [1.165, 1.54) is 4.57 Å². The number of rotatable bonds is 3. The van der Waals surface area contributed by atoms with Gasteiger partial charge in [0.15, 0.2) is 5.82 Å². The lowest BCUT2D eigenvalue weighted by atomic mass is 10.2. The second-order valence-corrected chi connectivity index (χ2v) is 4.36. The Morgan fingerprint density at radius 1 is 1.47 bits per heavy atom. The lowest BCUT2D eigenvalue weighted by Crippen LogP contribution is -2.11. The van der Waals surface area contributed by atoms with Crippen molar-refractivity contribution in [1.29, 1.82) is 0 Å². The molecule has 88 valence electrons. The zero-order chi connectivity index (χ0) is 12.4. The third kappa shape index (κ3) is 2.50. The molecule has 0 bridgehead atoms. The fourth-order valence-corrected chi connectivity index (χ4v) is 1.82. The van der Waals surface area contributed by atoms with Crippen molar-refractivity contribution in [3.8, 4) is 11.4 Å². The molecule has 7 heteroatoms. The molecule has 0 aliphatic heterocycles. The molecule has 0 amide bonds. The average molecular weight is 297 g/mol. The molecule has 0 spiro atoms. The molecule has 0 atom stereocenters. The highest BCUT2D eigenvalue weighted by Gasteiger charge is 2.13. The number of hydrogen-bond acceptors (Lipinski definition) is 4. The molecule has 0 aliphatic rings. The van der Waals surface area contributed by atoms with Crippen LogP contribution >= 0.6 is 15.9 Å². The molecule has 0 aliphatic carbocycles. The molecule has 2 rings (SSSR count). The molecule has 0 fully saturated rings. The molecule has 2 heterocycles. The van der Waals surface area contributed by atoms with Crippen molar-refractivity contribution < 1.29 is 9.90 Å². The van der Waals surface area contributed by atoms with Crippen LogP contribution in [-0.4, -0.2) is 30.8 Å². The van der Waals surface area contributed by atoms with Crippen LogP contribution in [0.5, 0.6) is 0 Å². The van der Waals surface area contributed by atoms with E-state index < -0.39 is 5.97 Å². The number of halogens is 1. The summed E-state index contributed by atoms with van der Waals surface area (Å²) in [6.45, 7) is 1.55. The van der Waals surface area contributed by atoms with E-state index >= 15 is 0 Å². The quantitative estimate of drug-likeness (QED) is 0.928. The van der Waals surface area contributed by atoms with Crippen molar-refractivity contribution in [2.24, 2.45) is 0 Å². The van der Waals surface area contributed by atoms with Gasteiger partial charge in [0, 0.05) is 22.4 Å². The number of nitrogens with zero attached hydrogens (tertiary/aromatic N) is 4. The van der Waals surface area contributed by atoms with Gasteiger partial charge >= 0.3 is 5.97 Å².